The molecule has 2 aliphatic carbocycles. The molecule has 18 heavy (non-hydrogen) atoms. The van der Waals surface area contributed by atoms with E-state index in [1.54, 1.807) is 0 Å². The lowest BCUT2D eigenvalue weighted by Crippen LogP contribution is -2.43. The van der Waals surface area contributed by atoms with Crippen LogP contribution in [0, 0.1) is 12.3 Å². The Morgan fingerprint density at radius 1 is 1.22 bits per heavy atom. The van der Waals surface area contributed by atoms with Crippen molar-refractivity contribution in [2.24, 2.45) is 5.41 Å². The zero-order chi connectivity index (χ0) is 12.6. The van der Waals surface area contributed by atoms with E-state index in [0.29, 0.717) is 12.6 Å². The van der Waals surface area contributed by atoms with E-state index < -0.39 is 0 Å². The van der Waals surface area contributed by atoms with Crippen molar-refractivity contribution in [2.75, 3.05) is 13.2 Å². The number of hydrogen-bond donors (Lipinski definition) is 2. The monoisotopic (exact) mass is 245 g/mol. The van der Waals surface area contributed by atoms with Crippen molar-refractivity contribution in [1.29, 1.82) is 0 Å². The fourth-order valence-corrected chi connectivity index (χ4v) is 2.82. The number of aliphatic hydroxyl groups excluding tert-OH is 1. The number of nitrogens with one attached hydrogen (secondary N) is 1. The van der Waals surface area contributed by atoms with Gasteiger partial charge in [0.15, 0.2) is 0 Å². The molecule has 0 spiro atoms. The first-order chi connectivity index (χ1) is 8.71. The normalized spacial score (nSPS) is 28.8. The Morgan fingerprint density at radius 3 is 2.44 bits per heavy atom. The Bertz CT molecular complexity index is 402. The standard InChI is InChI=1S/C16H23NO/c1-12-2-4-13(5-3-12)14-8-15(9-14)17-10-16(11-18)6-7-16/h2-5,14-15,17-18H,6-11H2,1H3. The van der Waals surface area contributed by atoms with Gasteiger partial charge < -0.3 is 10.4 Å². The van der Waals surface area contributed by atoms with E-state index in [4.69, 9.17) is 0 Å². The van der Waals surface area contributed by atoms with Gasteiger partial charge in [0, 0.05) is 24.6 Å². The second kappa shape index (κ2) is 4.67. The Labute approximate surface area is 109 Å². The Hall–Kier alpha value is -0.860. The molecule has 2 heteroatoms. The van der Waals surface area contributed by atoms with E-state index in [0.717, 1.165) is 12.5 Å². The summed E-state index contributed by atoms with van der Waals surface area (Å²) in [7, 11) is 0. The molecule has 0 unspecified atom stereocenters. The van der Waals surface area contributed by atoms with Crippen molar-refractivity contribution in [3.05, 3.63) is 35.4 Å². The molecule has 0 amide bonds. The smallest absolute Gasteiger partial charge is 0.0499 e. The molecule has 0 aliphatic heterocycles. The van der Waals surface area contributed by atoms with Crippen molar-refractivity contribution in [3.8, 4) is 0 Å². The van der Waals surface area contributed by atoms with E-state index in [-0.39, 0.29) is 5.41 Å². The second-order valence-electron chi connectivity index (χ2n) is 6.31. The molecule has 0 aromatic heterocycles. The molecular formula is C16H23NO. The summed E-state index contributed by atoms with van der Waals surface area (Å²) >= 11 is 0. The summed E-state index contributed by atoms with van der Waals surface area (Å²) in [5.74, 6) is 0.743. The average molecular weight is 245 g/mol. The fourth-order valence-electron chi connectivity index (χ4n) is 2.82. The van der Waals surface area contributed by atoms with Crippen molar-refractivity contribution in [1.82, 2.24) is 5.32 Å². The van der Waals surface area contributed by atoms with Gasteiger partial charge in [0.25, 0.3) is 0 Å². The van der Waals surface area contributed by atoms with E-state index in [9.17, 15) is 5.11 Å². The summed E-state index contributed by atoms with van der Waals surface area (Å²) < 4.78 is 0. The van der Waals surface area contributed by atoms with Crippen LogP contribution in [0.4, 0.5) is 0 Å². The molecule has 1 aromatic rings. The van der Waals surface area contributed by atoms with Gasteiger partial charge in [0.1, 0.15) is 0 Å². The summed E-state index contributed by atoms with van der Waals surface area (Å²) in [4.78, 5) is 0. The highest BCUT2D eigenvalue weighted by Crippen LogP contribution is 2.45. The summed E-state index contributed by atoms with van der Waals surface area (Å²) in [6, 6.07) is 9.63. The number of aryl methyl sites for hydroxylation is 1. The predicted octanol–water partition coefficient (Wildman–Crippen LogP) is 2.60. The Balaban J connectivity index is 1.44. The average Bonchev–Trinajstić information content (AvgIpc) is 3.10. The van der Waals surface area contributed by atoms with Crippen LogP contribution in [0.2, 0.25) is 0 Å². The van der Waals surface area contributed by atoms with Gasteiger partial charge in [-0.25, -0.2) is 0 Å². The van der Waals surface area contributed by atoms with Crippen LogP contribution < -0.4 is 5.32 Å². The lowest BCUT2D eigenvalue weighted by molar-refractivity contribution is 0.190. The van der Waals surface area contributed by atoms with Crippen LogP contribution >= 0.6 is 0 Å². The zero-order valence-electron chi connectivity index (χ0n) is 11.2. The number of benzene rings is 1. The quantitative estimate of drug-likeness (QED) is 0.835. The molecule has 2 aliphatic rings. The van der Waals surface area contributed by atoms with Crippen molar-refractivity contribution in [2.45, 2.75) is 44.6 Å². The molecule has 0 bridgehead atoms. The summed E-state index contributed by atoms with van der Waals surface area (Å²) in [5, 5.41) is 12.9. The van der Waals surface area contributed by atoms with Gasteiger partial charge in [-0.3, -0.25) is 0 Å². The van der Waals surface area contributed by atoms with Crippen LogP contribution in [-0.2, 0) is 0 Å². The summed E-state index contributed by atoms with van der Waals surface area (Å²) in [5.41, 5.74) is 3.07. The first kappa shape index (κ1) is 12.2. The van der Waals surface area contributed by atoms with E-state index in [1.165, 1.54) is 36.8 Å². The minimum absolute atomic E-state index is 0.245. The van der Waals surface area contributed by atoms with E-state index in [2.05, 4.69) is 36.5 Å². The summed E-state index contributed by atoms with van der Waals surface area (Å²) in [6.07, 6.45) is 4.91. The lowest BCUT2D eigenvalue weighted by Gasteiger charge is -2.37. The van der Waals surface area contributed by atoms with Crippen LogP contribution in [0.3, 0.4) is 0 Å². The van der Waals surface area contributed by atoms with Crippen molar-refractivity contribution in [3.63, 3.8) is 0 Å². The predicted molar refractivity (Wildman–Crippen MR) is 73.7 cm³/mol. The lowest BCUT2D eigenvalue weighted by atomic mass is 9.75. The fraction of sp³-hybridized carbons (Fsp3) is 0.625. The maximum atomic E-state index is 9.28. The van der Waals surface area contributed by atoms with Crippen molar-refractivity contribution < 1.29 is 5.11 Å². The maximum absolute atomic E-state index is 9.28. The SMILES string of the molecule is Cc1ccc(C2CC(NCC3(CO)CC3)C2)cc1. The topological polar surface area (TPSA) is 32.3 Å². The highest BCUT2D eigenvalue weighted by atomic mass is 16.3. The molecule has 98 valence electrons. The van der Waals surface area contributed by atoms with E-state index in [1.807, 2.05) is 0 Å². The van der Waals surface area contributed by atoms with Crippen LogP contribution in [0.25, 0.3) is 0 Å². The van der Waals surface area contributed by atoms with Crippen LogP contribution in [0.1, 0.15) is 42.7 Å². The number of aliphatic hydroxyl groups is 1. The number of hydrogen-bond acceptors (Lipinski definition) is 2. The largest absolute Gasteiger partial charge is 0.396 e. The highest BCUT2D eigenvalue weighted by Gasteiger charge is 2.42. The van der Waals surface area contributed by atoms with Gasteiger partial charge in [-0.15, -0.1) is 0 Å². The Kier molecular flexibility index (Phi) is 3.16. The molecule has 2 nitrogen and oxygen atoms in total. The minimum Gasteiger partial charge on any atom is -0.396 e. The molecule has 2 fully saturated rings. The van der Waals surface area contributed by atoms with Gasteiger partial charge >= 0.3 is 0 Å². The molecule has 0 saturated heterocycles. The third kappa shape index (κ3) is 2.45. The molecule has 0 radical (unpaired) electrons. The van der Waals surface area contributed by atoms with Crippen molar-refractivity contribution >= 4 is 0 Å². The third-order valence-electron chi connectivity index (χ3n) is 4.75. The molecule has 0 atom stereocenters. The summed E-state index contributed by atoms with van der Waals surface area (Å²) in [6.45, 7) is 3.50. The van der Waals surface area contributed by atoms with Gasteiger partial charge in [0.05, 0.1) is 0 Å². The zero-order valence-corrected chi connectivity index (χ0v) is 11.2. The van der Waals surface area contributed by atoms with Gasteiger partial charge in [-0.1, -0.05) is 29.8 Å². The van der Waals surface area contributed by atoms with Crippen LogP contribution in [-0.4, -0.2) is 24.3 Å². The third-order valence-corrected chi connectivity index (χ3v) is 4.75. The van der Waals surface area contributed by atoms with Gasteiger partial charge in [-0.05, 0) is 44.1 Å². The van der Waals surface area contributed by atoms with E-state index >= 15 is 0 Å². The Morgan fingerprint density at radius 2 is 1.89 bits per heavy atom. The first-order valence-electron chi connectivity index (χ1n) is 7.12. The highest BCUT2D eigenvalue weighted by molar-refractivity contribution is 5.26. The molecule has 2 N–H and O–H groups in total. The molecule has 1 aromatic carbocycles. The van der Waals surface area contributed by atoms with Crippen LogP contribution in [0.5, 0.6) is 0 Å². The minimum atomic E-state index is 0.245. The van der Waals surface area contributed by atoms with Gasteiger partial charge in [-0.2, -0.15) is 0 Å². The maximum Gasteiger partial charge on any atom is 0.0499 e. The number of rotatable bonds is 5. The van der Waals surface area contributed by atoms with Gasteiger partial charge in [0.2, 0.25) is 0 Å². The van der Waals surface area contributed by atoms with Crippen LogP contribution in [0.15, 0.2) is 24.3 Å². The molecular weight excluding hydrogens is 222 g/mol. The molecule has 3 rings (SSSR count). The molecule has 2 saturated carbocycles. The first-order valence-corrected chi connectivity index (χ1v) is 7.12. The second-order valence-corrected chi connectivity index (χ2v) is 6.31. The molecule has 0 heterocycles.